The average Bonchev–Trinajstić information content (AvgIpc) is 2.86. The van der Waals surface area contributed by atoms with Gasteiger partial charge in [0.25, 0.3) is 0 Å². The number of methoxy groups -OCH3 is 1. The van der Waals surface area contributed by atoms with Crippen LogP contribution in [0, 0.1) is 0 Å². The number of ketones is 1. The van der Waals surface area contributed by atoms with Crippen molar-refractivity contribution in [1.82, 2.24) is 10.2 Å². The summed E-state index contributed by atoms with van der Waals surface area (Å²) in [7, 11) is 1.34. The van der Waals surface area contributed by atoms with Gasteiger partial charge in [0.05, 0.1) is 18.7 Å². The molecule has 0 aliphatic carbocycles. The summed E-state index contributed by atoms with van der Waals surface area (Å²) in [5.41, 5.74) is 0.540. The number of rotatable bonds is 4. The second kappa shape index (κ2) is 6.72. The summed E-state index contributed by atoms with van der Waals surface area (Å²) >= 11 is 6.01. The van der Waals surface area contributed by atoms with Gasteiger partial charge in [-0.1, -0.05) is 23.7 Å². The fourth-order valence-corrected chi connectivity index (χ4v) is 2.54. The van der Waals surface area contributed by atoms with E-state index in [0.29, 0.717) is 23.7 Å². The minimum Gasteiger partial charge on any atom is -0.453 e. The Morgan fingerprint density at radius 2 is 2.20 bits per heavy atom. The molecule has 1 heterocycles. The molecule has 0 spiro atoms. The number of benzene rings is 1. The zero-order valence-corrected chi connectivity index (χ0v) is 12.0. The fraction of sp³-hybridized carbons (Fsp3) is 0.429. The largest absolute Gasteiger partial charge is 0.453 e. The third-order valence-corrected chi connectivity index (χ3v) is 3.65. The zero-order chi connectivity index (χ0) is 14.5. The minimum absolute atomic E-state index is 0.00526. The van der Waals surface area contributed by atoms with Crippen molar-refractivity contribution in [1.29, 1.82) is 0 Å². The van der Waals surface area contributed by atoms with Crippen molar-refractivity contribution in [3.63, 3.8) is 0 Å². The number of alkyl carbamates (subject to hydrolysis) is 1. The minimum atomic E-state index is -0.436. The van der Waals surface area contributed by atoms with E-state index < -0.39 is 6.09 Å². The predicted octanol–water partition coefficient (Wildman–Crippen LogP) is 1.95. The number of carbonyl (C=O) groups is 2. The van der Waals surface area contributed by atoms with Gasteiger partial charge in [-0.3, -0.25) is 9.69 Å². The first-order valence-corrected chi connectivity index (χ1v) is 6.82. The third kappa shape index (κ3) is 3.71. The van der Waals surface area contributed by atoms with E-state index in [1.807, 2.05) is 4.90 Å². The van der Waals surface area contributed by atoms with Crippen LogP contribution >= 0.6 is 11.6 Å². The third-order valence-electron chi connectivity index (χ3n) is 3.32. The summed E-state index contributed by atoms with van der Waals surface area (Å²) in [5.74, 6) is -0.00526. The molecule has 1 aromatic carbocycles. The smallest absolute Gasteiger partial charge is 0.407 e. The number of carbonyl (C=O) groups excluding carboxylic acids is 2. The van der Waals surface area contributed by atoms with E-state index >= 15 is 0 Å². The highest BCUT2D eigenvalue weighted by Gasteiger charge is 2.26. The van der Waals surface area contributed by atoms with Crippen molar-refractivity contribution < 1.29 is 14.3 Å². The summed E-state index contributed by atoms with van der Waals surface area (Å²) in [4.78, 5) is 25.3. The van der Waals surface area contributed by atoms with Crippen LogP contribution in [-0.2, 0) is 4.74 Å². The lowest BCUT2D eigenvalue weighted by molar-refractivity contribution is 0.0944. The number of nitrogens with one attached hydrogen (secondary N) is 1. The van der Waals surface area contributed by atoms with Gasteiger partial charge < -0.3 is 10.1 Å². The molecule has 0 saturated carbocycles. The Bertz CT molecular complexity index is 507. The molecule has 1 N–H and O–H groups in total. The fourth-order valence-electron chi connectivity index (χ4n) is 2.30. The number of hydrogen-bond acceptors (Lipinski definition) is 4. The first-order chi connectivity index (χ1) is 9.60. The maximum atomic E-state index is 12.2. The monoisotopic (exact) mass is 296 g/mol. The van der Waals surface area contributed by atoms with E-state index in [0.717, 1.165) is 13.0 Å². The second-order valence-electron chi connectivity index (χ2n) is 4.76. The molecule has 2 rings (SSSR count). The lowest BCUT2D eigenvalue weighted by atomic mass is 10.1. The van der Waals surface area contributed by atoms with Crippen LogP contribution in [0.5, 0.6) is 0 Å². The molecular formula is C14H17ClN2O3. The highest BCUT2D eigenvalue weighted by molar-refractivity contribution is 6.34. The van der Waals surface area contributed by atoms with Gasteiger partial charge in [0.2, 0.25) is 0 Å². The highest BCUT2D eigenvalue weighted by atomic mass is 35.5. The van der Waals surface area contributed by atoms with Crippen LogP contribution in [0.25, 0.3) is 0 Å². The Morgan fingerprint density at radius 3 is 2.90 bits per heavy atom. The topological polar surface area (TPSA) is 58.6 Å². The Labute approximate surface area is 122 Å². The second-order valence-corrected chi connectivity index (χ2v) is 5.17. The van der Waals surface area contributed by atoms with Gasteiger partial charge in [0.1, 0.15) is 0 Å². The SMILES string of the molecule is COC(=O)NC1CCN(CC(=O)c2ccccc2Cl)C1. The van der Waals surface area contributed by atoms with Gasteiger partial charge >= 0.3 is 6.09 Å². The molecule has 1 aliphatic rings. The van der Waals surface area contributed by atoms with Crippen molar-refractivity contribution in [3.8, 4) is 0 Å². The summed E-state index contributed by atoms with van der Waals surface area (Å²) in [6.07, 6.45) is 0.375. The number of nitrogens with zero attached hydrogens (tertiary/aromatic N) is 1. The van der Waals surface area contributed by atoms with E-state index in [2.05, 4.69) is 10.1 Å². The molecule has 0 aromatic heterocycles. The van der Waals surface area contributed by atoms with Gasteiger partial charge in [-0.05, 0) is 18.6 Å². The molecule has 1 amide bonds. The molecule has 5 nitrogen and oxygen atoms in total. The van der Waals surface area contributed by atoms with Crippen LogP contribution in [0.3, 0.4) is 0 Å². The zero-order valence-electron chi connectivity index (χ0n) is 11.3. The van der Waals surface area contributed by atoms with Gasteiger partial charge in [0, 0.05) is 24.7 Å². The summed E-state index contributed by atoms with van der Waals surface area (Å²) < 4.78 is 4.56. The number of hydrogen-bond donors (Lipinski definition) is 1. The highest BCUT2D eigenvalue weighted by Crippen LogP contribution is 2.17. The molecular weight excluding hydrogens is 280 g/mol. The number of ether oxygens (including phenoxy) is 1. The maximum absolute atomic E-state index is 12.2. The standard InChI is InChI=1S/C14H17ClN2O3/c1-20-14(19)16-10-6-7-17(8-10)9-13(18)11-4-2-3-5-12(11)15/h2-5,10H,6-9H2,1H3,(H,16,19). The van der Waals surface area contributed by atoms with Crippen molar-refractivity contribution in [2.24, 2.45) is 0 Å². The van der Waals surface area contributed by atoms with E-state index in [1.54, 1.807) is 24.3 Å². The lowest BCUT2D eigenvalue weighted by Gasteiger charge is -2.15. The predicted molar refractivity (Wildman–Crippen MR) is 76.2 cm³/mol. The first-order valence-electron chi connectivity index (χ1n) is 6.44. The van der Waals surface area contributed by atoms with Crippen LogP contribution < -0.4 is 5.32 Å². The Kier molecular flexibility index (Phi) is 4.98. The van der Waals surface area contributed by atoms with Gasteiger partial charge in [0.15, 0.2) is 5.78 Å². The molecule has 20 heavy (non-hydrogen) atoms. The summed E-state index contributed by atoms with van der Waals surface area (Å²) in [6, 6.07) is 7.06. The molecule has 6 heteroatoms. The van der Waals surface area contributed by atoms with Crippen LogP contribution in [0.4, 0.5) is 4.79 Å². The Morgan fingerprint density at radius 1 is 1.45 bits per heavy atom. The molecule has 1 aliphatic heterocycles. The van der Waals surface area contributed by atoms with Crippen molar-refractivity contribution in [3.05, 3.63) is 34.9 Å². The number of amides is 1. The van der Waals surface area contributed by atoms with E-state index in [1.165, 1.54) is 7.11 Å². The van der Waals surface area contributed by atoms with Crippen LogP contribution in [0.15, 0.2) is 24.3 Å². The van der Waals surface area contributed by atoms with Crippen molar-refractivity contribution in [2.75, 3.05) is 26.7 Å². The normalized spacial score (nSPS) is 18.8. The van der Waals surface area contributed by atoms with E-state index in [-0.39, 0.29) is 11.8 Å². The molecule has 108 valence electrons. The van der Waals surface area contributed by atoms with Crippen LogP contribution in [0.2, 0.25) is 5.02 Å². The van der Waals surface area contributed by atoms with Gasteiger partial charge in [-0.15, -0.1) is 0 Å². The molecule has 1 fully saturated rings. The quantitative estimate of drug-likeness (QED) is 0.863. The molecule has 1 atom stereocenters. The maximum Gasteiger partial charge on any atom is 0.407 e. The average molecular weight is 297 g/mol. The van der Waals surface area contributed by atoms with Gasteiger partial charge in [-0.2, -0.15) is 0 Å². The van der Waals surface area contributed by atoms with E-state index in [9.17, 15) is 9.59 Å². The molecule has 1 saturated heterocycles. The van der Waals surface area contributed by atoms with Crippen LogP contribution in [0.1, 0.15) is 16.8 Å². The van der Waals surface area contributed by atoms with Crippen molar-refractivity contribution in [2.45, 2.75) is 12.5 Å². The first kappa shape index (κ1) is 14.8. The van der Waals surface area contributed by atoms with Gasteiger partial charge in [-0.25, -0.2) is 4.79 Å². The lowest BCUT2D eigenvalue weighted by Crippen LogP contribution is -2.38. The molecule has 1 aromatic rings. The summed E-state index contributed by atoms with van der Waals surface area (Å²) in [5, 5.41) is 3.22. The Hall–Kier alpha value is -1.59. The number of halogens is 1. The van der Waals surface area contributed by atoms with Crippen molar-refractivity contribution >= 4 is 23.5 Å². The van der Waals surface area contributed by atoms with E-state index in [4.69, 9.17) is 11.6 Å². The molecule has 1 unspecified atom stereocenters. The van der Waals surface area contributed by atoms with Crippen LogP contribution in [-0.4, -0.2) is 49.6 Å². The number of Topliss-reactive ketones (excluding diaryl/α,β-unsaturated/α-hetero) is 1. The summed E-state index contributed by atoms with van der Waals surface area (Å²) in [6.45, 7) is 1.72. The number of likely N-dealkylation sites (tertiary alicyclic amines) is 1. The molecule has 0 radical (unpaired) electrons. The Balaban J connectivity index is 1.88. The molecule has 0 bridgehead atoms.